The minimum absolute atomic E-state index is 0.00579. The second-order valence-corrected chi connectivity index (χ2v) is 7.37. The molecule has 1 N–H and O–H groups in total. The summed E-state index contributed by atoms with van der Waals surface area (Å²) in [6.45, 7) is 1.69. The number of anilines is 1. The fourth-order valence-electron chi connectivity index (χ4n) is 2.02. The van der Waals surface area contributed by atoms with Crippen LogP contribution < -0.4 is 4.72 Å². The summed E-state index contributed by atoms with van der Waals surface area (Å²) in [4.78, 5) is -0.0704. The molecule has 21 heavy (non-hydrogen) atoms. The average molecular weight is 347 g/mol. The first-order valence-corrected chi connectivity index (χ1v) is 8.57. The van der Waals surface area contributed by atoms with Crippen molar-refractivity contribution in [2.45, 2.75) is 30.6 Å². The quantitative estimate of drug-likeness (QED) is 0.908. The molecule has 112 valence electrons. The molecule has 5 nitrogen and oxygen atoms in total. The van der Waals surface area contributed by atoms with Gasteiger partial charge in [-0.05, 0) is 31.9 Å². The number of hydrogen-bond donors (Lipinski definition) is 1. The molecular weight excluding hydrogens is 335 g/mol. The second kappa shape index (κ2) is 5.19. The first kappa shape index (κ1) is 14.7. The van der Waals surface area contributed by atoms with Crippen molar-refractivity contribution in [1.29, 1.82) is 0 Å². The Morgan fingerprint density at radius 1 is 1.33 bits per heavy atom. The van der Waals surface area contributed by atoms with Gasteiger partial charge in [0.1, 0.15) is 16.3 Å². The predicted octanol–water partition coefficient (Wildman–Crippen LogP) is 3.97. The lowest BCUT2D eigenvalue weighted by Crippen LogP contribution is -2.14. The normalized spacial score (nSPS) is 15.2. The zero-order valence-corrected chi connectivity index (χ0v) is 13.4. The number of sulfonamides is 1. The summed E-state index contributed by atoms with van der Waals surface area (Å²) >= 11 is 11.9. The minimum atomic E-state index is -3.85. The van der Waals surface area contributed by atoms with Crippen molar-refractivity contribution >= 4 is 38.9 Å². The third kappa shape index (κ3) is 2.75. The van der Waals surface area contributed by atoms with E-state index in [9.17, 15) is 8.42 Å². The molecule has 0 unspecified atom stereocenters. The van der Waals surface area contributed by atoms with E-state index in [0.29, 0.717) is 17.1 Å². The molecule has 2 aromatic rings. The van der Waals surface area contributed by atoms with E-state index in [2.05, 4.69) is 9.88 Å². The van der Waals surface area contributed by atoms with Gasteiger partial charge < -0.3 is 4.52 Å². The van der Waals surface area contributed by atoms with Crippen molar-refractivity contribution in [3.63, 3.8) is 0 Å². The van der Waals surface area contributed by atoms with Gasteiger partial charge >= 0.3 is 0 Å². The van der Waals surface area contributed by atoms with Crippen LogP contribution in [0.2, 0.25) is 10.0 Å². The van der Waals surface area contributed by atoms with Crippen LogP contribution in [0.15, 0.2) is 27.6 Å². The molecule has 0 aliphatic heterocycles. The zero-order valence-electron chi connectivity index (χ0n) is 11.1. The molecular formula is C13H12Cl2N2O3S. The average Bonchev–Trinajstić information content (AvgIpc) is 3.20. The number of nitrogens with zero attached hydrogens (tertiary/aromatic N) is 1. The number of hydrogen-bond acceptors (Lipinski definition) is 4. The van der Waals surface area contributed by atoms with E-state index in [1.165, 1.54) is 18.2 Å². The Kier molecular flexibility index (Phi) is 3.63. The molecule has 0 spiro atoms. The zero-order chi connectivity index (χ0) is 15.2. The number of nitrogens with one attached hydrogen (secondary N) is 1. The Balaban J connectivity index is 2.00. The maximum absolute atomic E-state index is 12.5. The topological polar surface area (TPSA) is 72.2 Å². The largest absolute Gasteiger partial charge is 0.359 e. The van der Waals surface area contributed by atoms with E-state index >= 15 is 0 Å². The molecule has 0 bridgehead atoms. The van der Waals surface area contributed by atoms with E-state index in [0.717, 1.165) is 12.8 Å². The predicted molar refractivity (Wildman–Crippen MR) is 80.5 cm³/mol. The van der Waals surface area contributed by atoms with Crippen LogP contribution in [-0.4, -0.2) is 13.6 Å². The first-order chi connectivity index (χ1) is 9.90. The van der Waals surface area contributed by atoms with Crippen LogP contribution in [0.4, 0.5) is 5.69 Å². The summed E-state index contributed by atoms with van der Waals surface area (Å²) in [5.41, 5.74) is 0.896. The molecule has 0 radical (unpaired) electrons. The molecule has 0 atom stereocenters. The van der Waals surface area contributed by atoms with Crippen molar-refractivity contribution < 1.29 is 12.9 Å². The van der Waals surface area contributed by atoms with Gasteiger partial charge in [-0.3, -0.25) is 4.72 Å². The summed E-state index contributed by atoms with van der Waals surface area (Å²) in [7, 11) is -3.85. The highest BCUT2D eigenvalue weighted by Crippen LogP contribution is 2.45. The minimum Gasteiger partial charge on any atom is -0.359 e. The van der Waals surface area contributed by atoms with Crippen molar-refractivity contribution in [3.05, 3.63) is 39.7 Å². The van der Waals surface area contributed by atoms with Gasteiger partial charge in [-0.1, -0.05) is 34.4 Å². The van der Waals surface area contributed by atoms with Crippen LogP contribution in [-0.2, 0) is 10.0 Å². The number of aromatic nitrogens is 1. The van der Waals surface area contributed by atoms with E-state index in [1.54, 1.807) is 6.92 Å². The first-order valence-electron chi connectivity index (χ1n) is 6.33. The monoisotopic (exact) mass is 346 g/mol. The van der Waals surface area contributed by atoms with E-state index in [-0.39, 0.29) is 20.9 Å². The molecule has 0 saturated heterocycles. The standard InChI is InChI=1S/C13H12Cl2N2O3S/c1-7-12(13(20-16-7)8-5-6-8)17-21(18,19)10-4-2-3-9(14)11(10)15/h2-4,8,17H,5-6H2,1H3. The smallest absolute Gasteiger partial charge is 0.263 e. The molecule has 0 amide bonds. The van der Waals surface area contributed by atoms with Crippen molar-refractivity contribution in [3.8, 4) is 0 Å². The highest BCUT2D eigenvalue weighted by Gasteiger charge is 2.33. The maximum Gasteiger partial charge on any atom is 0.263 e. The van der Waals surface area contributed by atoms with Gasteiger partial charge in [-0.15, -0.1) is 0 Å². The molecule has 1 aliphatic carbocycles. The Hall–Kier alpha value is -1.24. The van der Waals surface area contributed by atoms with E-state index < -0.39 is 10.0 Å². The van der Waals surface area contributed by atoms with Gasteiger partial charge in [-0.25, -0.2) is 8.42 Å². The van der Waals surface area contributed by atoms with E-state index in [1.807, 2.05) is 0 Å². The van der Waals surface area contributed by atoms with Gasteiger partial charge in [0, 0.05) is 5.92 Å². The van der Waals surface area contributed by atoms with E-state index in [4.69, 9.17) is 27.7 Å². The lowest BCUT2D eigenvalue weighted by molar-refractivity contribution is 0.381. The summed E-state index contributed by atoms with van der Waals surface area (Å²) in [5.74, 6) is 0.813. The maximum atomic E-state index is 12.5. The fourth-order valence-corrected chi connectivity index (χ4v) is 3.91. The highest BCUT2D eigenvalue weighted by atomic mass is 35.5. The van der Waals surface area contributed by atoms with Gasteiger partial charge in [0.15, 0.2) is 5.76 Å². The van der Waals surface area contributed by atoms with Crippen molar-refractivity contribution in [1.82, 2.24) is 5.16 Å². The number of halogens is 2. The van der Waals surface area contributed by atoms with Crippen molar-refractivity contribution in [2.75, 3.05) is 4.72 Å². The summed E-state index contributed by atoms with van der Waals surface area (Å²) < 4.78 is 32.7. The fraction of sp³-hybridized carbons (Fsp3) is 0.308. The molecule has 1 saturated carbocycles. The molecule has 1 aromatic heterocycles. The summed E-state index contributed by atoms with van der Waals surface area (Å²) in [5, 5.41) is 4.01. The number of rotatable bonds is 4. The molecule has 1 fully saturated rings. The molecule has 1 aromatic carbocycles. The Labute approximate surface area is 132 Å². The highest BCUT2D eigenvalue weighted by molar-refractivity contribution is 7.92. The lowest BCUT2D eigenvalue weighted by atomic mass is 10.2. The Morgan fingerprint density at radius 3 is 2.71 bits per heavy atom. The third-order valence-electron chi connectivity index (χ3n) is 3.28. The van der Waals surface area contributed by atoms with Gasteiger partial charge in [0.05, 0.1) is 10.0 Å². The van der Waals surface area contributed by atoms with Crippen molar-refractivity contribution in [2.24, 2.45) is 0 Å². The number of aryl methyl sites for hydroxylation is 1. The Morgan fingerprint density at radius 2 is 2.05 bits per heavy atom. The summed E-state index contributed by atoms with van der Waals surface area (Å²) in [6.07, 6.45) is 1.95. The molecule has 1 heterocycles. The van der Waals surface area contributed by atoms with Gasteiger partial charge in [0.25, 0.3) is 10.0 Å². The molecule has 1 aliphatic rings. The second-order valence-electron chi connectivity index (χ2n) is 4.94. The van der Waals surface area contributed by atoms with Gasteiger partial charge in [0.2, 0.25) is 0 Å². The summed E-state index contributed by atoms with van der Waals surface area (Å²) in [6, 6.07) is 4.46. The molecule has 8 heteroatoms. The molecule has 3 rings (SSSR count). The number of benzene rings is 1. The van der Waals surface area contributed by atoms with Crippen LogP contribution in [0, 0.1) is 6.92 Å². The van der Waals surface area contributed by atoms with Crippen LogP contribution in [0.25, 0.3) is 0 Å². The van der Waals surface area contributed by atoms with Crippen LogP contribution in [0.5, 0.6) is 0 Å². The van der Waals surface area contributed by atoms with Crippen LogP contribution >= 0.6 is 23.2 Å². The SMILES string of the molecule is Cc1noc(C2CC2)c1NS(=O)(=O)c1cccc(Cl)c1Cl. The Bertz CT molecular complexity index is 798. The van der Waals surface area contributed by atoms with Gasteiger partial charge in [-0.2, -0.15) is 0 Å². The van der Waals surface area contributed by atoms with Crippen LogP contribution in [0.3, 0.4) is 0 Å². The van der Waals surface area contributed by atoms with Crippen LogP contribution in [0.1, 0.15) is 30.2 Å². The lowest BCUT2D eigenvalue weighted by Gasteiger charge is -2.10. The third-order valence-corrected chi connectivity index (χ3v) is 5.60.